The van der Waals surface area contributed by atoms with E-state index in [1.54, 1.807) is 0 Å². The van der Waals surface area contributed by atoms with E-state index in [9.17, 15) is 4.79 Å². The highest BCUT2D eigenvalue weighted by Gasteiger charge is 2.70. The molecule has 2 unspecified atom stereocenters. The summed E-state index contributed by atoms with van der Waals surface area (Å²) in [6, 6.07) is 0.423. The zero-order valence-corrected chi connectivity index (χ0v) is 12.7. The maximum absolute atomic E-state index is 12.5. The summed E-state index contributed by atoms with van der Waals surface area (Å²) < 4.78 is 0. The van der Waals surface area contributed by atoms with Crippen LogP contribution in [0.4, 0.5) is 0 Å². The Morgan fingerprint density at radius 1 is 1.17 bits per heavy atom. The SMILES string of the molecule is CCCC1NC(CC)C(=O)N1C1C(C)(C)C1(C)C. The summed E-state index contributed by atoms with van der Waals surface area (Å²) in [4.78, 5) is 14.7. The summed E-state index contributed by atoms with van der Waals surface area (Å²) >= 11 is 0. The summed E-state index contributed by atoms with van der Waals surface area (Å²) in [5.41, 5.74) is 0.470. The average molecular weight is 252 g/mol. The number of rotatable bonds is 4. The van der Waals surface area contributed by atoms with Crippen molar-refractivity contribution in [2.24, 2.45) is 10.8 Å². The van der Waals surface area contributed by atoms with E-state index in [2.05, 4.69) is 51.8 Å². The molecule has 2 aliphatic rings. The minimum atomic E-state index is 0.0359. The standard InChI is InChI=1S/C15H28N2O/c1-7-9-11-16-10(8-2)12(18)17(11)13-14(3,4)15(13,5)6/h10-11,13,16H,7-9H2,1-6H3. The Morgan fingerprint density at radius 3 is 2.11 bits per heavy atom. The Balaban J connectivity index is 2.22. The number of hydrogen-bond donors (Lipinski definition) is 1. The monoisotopic (exact) mass is 252 g/mol. The number of nitrogens with one attached hydrogen (secondary N) is 1. The van der Waals surface area contributed by atoms with E-state index >= 15 is 0 Å². The smallest absolute Gasteiger partial charge is 0.241 e. The first-order valence-electron chi connectivity index (χ1n) is 7.37. The van der Waals surface area contributed by atoms with Crippen LogP contribution in [0, 0.1) is 10.8 Å². The Morgan fingerprint density at radius 2 is 1.72 bits per heavy atom. The molecule has 0 radical (unpaired) electrons. The molecule has 1 N–H and O–H groups in total. The minimum absolute atomic E-state index is 0.0359. The van der Waals surface area contributed by atoms with Crippen molar-refractivity contribution in [1.29, 1.82) is 0 Å². The van der Waals surface area contributed by atoms with Gasteiger partial charge in [-0.05, 0) is 23.7 Å². The number of hydrogen-bond acceptors (Lipinski definition) is 2. The number of carbonyl (C=O) groups excluding carboxylic acids is 1. The van der Waals surface area contributed by atoms with Gasteiger partial charge >= 0.3 is 0 Å². The fourth-order valence-corrected chi connectivity index (χ4v) is 3.67. The lowest BCUT2D eigenvalue weighted by atomic mass is 10.0. The van der Waals surface area contributed by atoms with Crippen molar-refractivity contribution in [2.45, 2.75) is 79.1 Å². The first kappa shape index (κ1) is 13.9. The third kappa shape index (κ3) is 1.70. The summed E-state index contributed by atoms with van der Waals surface area (Å²) in [5, 5.41) is 3.51. The van der Waals surface area contributed by atoms with E-state index in [-0.39, 0.29) is 23.0 Å². The van der Waals surface area contributed by atoms with Gasteiger partial charge in [-0.2, -0.15) is 0 Å². The highest BCUT2D eigenvalue weighted by atomic mass is 16.2. The molecule has 2 rings (SSSR count). The van der Waals surface area contributed by atoms with Gasteiger partial charge in [0.15, 0.2) is 0 Å². The molecule has 1 aliphatic carbocycles. The lowest BCUT2D eigenvalue weighted by molar-refractivity contribution is -0.131. The fraction of sp³-hybridized carbons (Fsp3) is 0.933. The Labute approximate surface area is 111 Å². The summed E-state index contributed by atoms with van der Waals surface area (Å²) in [6.45, 7) is 13.4. The van der Waals surface area contributed by atoms with Gasteiger partial charge in [0.05, 0.1) is 12.2 Å². The van der Waals surface area contributed by atoms with E-state index in [1.165, 1.54) is 0 Å². The molecule has 0 bridgehead atoms. The van der Waals surface area contributed by atoms with Crippen LogP contribution in [0.1, 0.15) is 60.8 Å². The van der Waals surface area contributed by atoms with Gasteiger partial charge in [0, 0.05) is 6.04 Å². The van der Waals surface area contributed by atoms with Crippen LogP contribution in [0.2, 0.25) is 0 Å². The highest BCUT2D eigenvalue weighted by Crippen LogP contribution is 2.66. The van der Waals surface area contributed by atoms with Crippen molar-refractivity contribution in [3.63, 3.8) is 0 Å². The minimum Gasteiger partial charge on any atom is -0.322 e. The lowest BCUT2D eigenvalue weighted by Crippen LogP contribution is -2.41. The normalized spacial score (nSPS) is 34.1. The first-order valence-corrected chi connectivity index (χ1v) is 7.37. The molecule has 1 saturated carbocycles. The second kappa shape index (κ2) is 4.22. The van der Waals surface area contributed by atoms with Crippen LogP contribution < -0.4 is 5.32 Å². The van der Waals surface area contributed by atoms with Crippen molar-refractivity contribution in [3.8, 4) is 0 Å². The number of nitrogens with zero attached hydrogens (tertiary/aromatic N) is 1. The molecule has 2 atom stereocenters. The van der Waals surface area contributed by atoms with Crippen molar-refractivity contribution in [1.82, 2.24) is 10.2 Å². The first-order chi connectivity index (χ1) is 8.29. The molecule has 2 fully saturated rings. The highest BCUT2D eigenvalue weighted by molar-refractivity contribution is 5.85. The van der Waals surface area contributed by atoms with E-state index < -0.39 is 0 Å². The predicted octanol–water partition coefficient (Wildman–Crippen LogP) is 2.76. The molecule has 1 aliphatic heterocycles. The molecule has 0 aromatic carbocycles. The molecule has 104 valence electrons. The van der Waals surface area contributed by atoms with Gasteiger partial charge in [-0.3, -0.25) is 10.1 Å². The van der Waals surface area contributed by atoms with Crippen LogP contribution >= 0.6 is 0 Å². The van der Waals surface area contributed by atoms with Crippen molar-refractivity contribution in [3.05, 3.63) is 0 Å². The van der Waals surface area contributed by atoms with Crippen molar-refractivity contribution >= 4 is 5.91 Å². The summed E-state index contributed by atoms with van der Waals surface area (Å²) in [5.74, 6) is 0.319. The molecule has 1 heterocycles. The number of carbonyl (C=O) groups is 1. The van der Waals surface area contributed by atoms with Gasteiger partial charge < -0.3 is 4.90 Å². The summed E-state index contributed by atoms with van der Waals surface area (Å²) in [6.07, 6.45) is 3.32. The lowest BCUT2D eigenvalue weighted by Gasteiger charge is -2.26. The maximum atomic E-state index is 12.5. The zero-order valence-electron chi connectivity index (χ0n) is 12.7. The number of amides is 1. The van der Waals surface area contributed by atoms with Gasteiger partial charge in [0.2, 0.25) is 5.91 Å². The molecule has 1 saturated heterocycles. The average Bonchev–Trinajstić information content (AvgIpc) is 2.55. The zero-order chi connectivity index (χ0) is 13.7. The van der Waals surface area contributed by atoms with Crippen LogP contribution in [0.15, 0.2) is 0 Å². The molecular formula is C15H28N2O. The Kier molecular flexibility index (Phi) is 3.25. The van der Waals surface area contributed by atoms with E-state index in [1.807, 2.05) is 0 Å². The van der Waals surface area contributed by atoms with Crippen LogP contribution in [-0.4, -0.2) is 29.1 Å². The molecule has 0 aromatic rings. The van der Waals surface area contributed by atoms with Crippen LogP contribution in [-0.2, 0) is 4.79 Å². The summed E-state index contributed by atoms with van der Waals surface area (Å²) in [7, 11) is 0. The fourth-order valence-electron chi connectivity index (χ4n) is 3.67. The van der Waals surface area contributed by atoms with E-state index in [4.69, 9.17) is 0 Å². The van der Waals surface area contributed by atoms with Crippen LogP contribution in [0.25, 0.3) is 0 Å². The maximum Gasteiger partial charge on any atom is 0.241 e. The van der Waals surface area contributed by atoms with Crippen molar-refractivity contribution in [2.75, 3.05) is 0 Å². The topological polar surface area (TPSA) is 32.3 Å². The van der Waals surface area contributed by atoms with Crippen LogP contribution in [0.3, 0.4) is 0 Å². The Bertz CT molecular complexity index is 334. The molecule has 0 aromatic heterocycles. The molecule has 18 heavy (non-hydrogen) atoms. The van der Waals surface area contributed by atoms with E-state index in [0.29, 0.717) is 11.9 Å². The van der Waals surface area contributed by atoms with E-state index in [0.717, 1.165) is 19.3 Å². The van der Waals surface area contributed by atoms with Gasteiger partial charge in [-0.1, -0.05) is 48.0 Å². The van der Waals surface area contributed by atoms with Crippen molar-refractivity contribution < 1.29 is 4.79 Å². The van der Waals surface area contributed by atoms with Gasteiger partial charge in [-0.25, -0.2) is 0 Å². The second-order valence-corrected chi connectivity index (χ2v) is 7.02. The quantitative estimate of drug-likeness (QED) is 0.834. The molecule has 1 amide bonds. The third-order valence-electron chi connectivity index (χ3n) is 5.47. The molecular weight excluding hydrogens is 224 g/mol. The van der Waals surface area contributed by atoms with Gasteiger partial charge in [-0.15, -0.1) is 0 Å². The van der Waals surface area contributed by atoms with Gasteiger partial charge in [0.1, 0.15) is 0 Å². The largest absolute Gasteiger partial charge is 0.322 e. The van der Waals surface area contributed by atoms with Gasteiger partial charge in [0.25, 0.3) is 0 Å². The molecule has 0 spiro atoms. The van der Waals surface area contributed by atoms with Crippen LogP contribution in [0.5, 0.6) is 0 Å². The molecule has 3 heteroatoms. The second-order valence-electron chi connectivity index (χ2n) is 7.02. The Hall–Kier alpha value is -0.570. The molecule has 3 nitrogen and oxygen atoms in total. The third-order valence-corrected chi connectivity index (χ3v) is 5.47. The predicted molar refractivity (Wildman–Crippen MR) is 74.1 cm³/mol.